The molecule has 0 bridgehead atoms. The van der Waals surface area contributed by atoms with Gasteiger partial charge in [-0.15, -0.1) is 0 Å². The molecular formula is C12H6F20O. The van der Waals surface area contributed by atoms with E-state index in [2.05, 4.69) is 4.74 Å². The van der Waals surface area contributed by atoms with Crippen LogP contribution in [0.1, 0.15) is 0 Å². The minimum absolute atomic E-state index is 2.22. The Morgan fingerprint density at radius 2 is 0.576 bits per heavy atom. The van der Waals surface area contributed by atoms with Crippen molar-refractivity contribution in [2.24, 2.45) is 0 Å². The average Bonchev–Trinajstić information content (AvgIpc) is 2.62. The molecular weight excluding hydrogens is 540 g/mol. The Kier molecular flexibility index (Phi) is 8.90. The van der Waals surface area contributed by atoms with Crippen molar-refractivity contribution >= 4 is 0 Å². The fourth-order valence-electron chi connectivity index (χ4n) is 1.61. The number of rotatable bonds is 10. The van der Waals surface area contributed by atoms with Crippen LogP contribution in [0.2, 0.25) is 0 Å². The van der Waals surface area contributed by atoms with Crippen LogP contribution in [0.15, 0.2) is 0 Å². The largest absolute Gasteiger partial charge is 0.456 e. The van der Waals surface area contributed by atoms with E-state index in [1.165, 1.54) is 0 Å². The zero-order valence-electron chi connectivity index (χ0n) is 14.4. The molecule has 0 saturated carbocycles. The molecule has 6 atom stereocenters. The molecule has 1 nitrogen and oxygen atoms in total. The third kappa shape index (κ3) is 5.98. The second kappa shape index (κ2) is 9.31. The first-order valence-corrected chi connectivity index (χ1v) is 7.33. The van der Waals surface area contributed by atoms with Gasteiger partial charge < -0.3 is 4.74 Å². The number of hydrogen-bond acceptors (Lipinski definition) is 1. The predicted molar refractivity (Wildman–Crippen MR) is 62.4 cm³/mol. The molecule has 0 aromatic carbocycles. The Balaban J connectivity index is 5.69. The van der Waals surface area contributed by atoms with E-state index in [4.69, 9.17) is 0 Å². The van der Waals surface area contributed by atoms with Crippen molar-refractivity contribution in [1.29, 1.82) is 0 Å². The van der Waals surface area contributed by atoms with Crippen LogP contribution >= 0.6 is 0 Å². The Morgan fingerprint density at radius 1 is 0.364 bits per heavy atom. The lowest BCUT2D eigenvalue weighted by Gasteiger charge is -2.33. The zero-order valence-corrected chi connectivity index (χ0v) is 14.4. The molecule has 0 N–H and O–H groups in total. The standard InChI is InChI=1S/C12H6F20O/c13-1(3(15)9(23,24)11(27,28)29)7(19,20)5(17)33-6(18)8(21,22)2(14)4(16)10(25,26)12(30,31)32/h1-6H. The summed E-state index contributed by atoms with van der Waals surface area (Å²) in [5.74, 6) is -27.4. The third-order valence-corrected chi connectivity index (χ3v) is 3.54. The Labute approximate surface area is 167 Å². The maximum absolute atomic E-state index is 13.2. The fourth-order valence-corrected chi connectivity index (χ4v) is 1.61. The Bertz CT molecular complexity index is 584. The SMILES string of the molecule is FC(OC(F)C(F)(F)C(F)C(F)C(F)(F)C(F)(F)F)C(F)(F)C(F)C(F)C(F)(F)C(F)(F)F. The molecule has 0 heterocycles. The summed E-state index contributed by atoms with van der Waals surface area (Å²) in [6, 6.07) is 0. The second-order valence-corrected chi connectivity index (χ2v) is 5.97. The van der Waals surface area contributed by atoms with Crippen molar-refractivity contribution in [1.82, 2.24) is 0 Å². The summed E-state index contributed by atoms with van der Waals surface area (Å²) >= 11 is 0. The monoisotopic (exact) mass is 546 g/mol. The number of hydrogen-bond donors (Lipinski definition) is 0. The van der Waals surface area contributed by atoms with Gasteiger partial charge in [0.2, 0.25) is 24.7 Å². The lowest BCUT2D eigenvalue weighted by molar-refractivity contribution is -0.348. The first kappa shape index (κ1) is 31.6. The molecule has 0 rings (SSSR count). The van der Waals surface area contributed by atoms with Crippen molar-refractivity contribution in [3.05, 3.63) is 0 Å². The summed E-state index contributed by atoms with van der Waals surface area (Å²) in [5, 5.41) is 0. The maximum Gasteiger partial charge on any atom is 0.456 e. The molecule has 21 heteroatoms. The summed E-state index contributed by atoms with van der Waals surface area (Å²) in [6.07, 6.45) is -47.9. The van der Waals surface area contributed by atoms with Crippen molar-refractivity contribution in [3.8, 4) is 0 Å². The van der Waals surface area contributed by atoms with Crippen molar-refractivity contribution in [3.63, 3.8) is 0 Å². The highest BCUT2D eigenvalue weighted by molar-refractivity contribution is 4.98. The van der Waals surface area contributed by atoms with Crippen LogP contribution in [-0.4, -0.2) is 73.4 Å². The Hall–Kier alpha value is -1.44. The molecule has 0 aliphatic rings. The van der Waals surface area contributed by atoms with Gasteiger partial charge in [0.25, 0.3) is 12.7 Å². The van der Waals surface area contributed by atoms with Crippen LogP contribution in [-0.2, 0) is 4.74 Å². The van der Waals surface area contributed by atoms with Gasteiger partial charge in [-0.05, 0) is 0 Å². The molecule has 33 heavy (non-hydrogen) atoms. The molecule has 0 radical (unpaired) electrons. The minimum Gasteiger partial charge on any atom is -0.303 e. The Morgan fingerprint density at radius 3 is 0.758 bits per heavy atom. The molecule has 0 fully saturated rings. The minimum atomic E-state index is -7.09. The summed E-state index contributed by atoms with van der Waals surface area (Å²) in [4.78, 5) is 0. The van der Waals surface area contributed by atoms with Crippen LogP contribution in [0.4, 0.5) is 87.8 Å². The molecule has 0 aromatic rings. The topological polar surface area (TPSA) is 9.23 Å². The molecule has 0 aliphatic heterocycles. The highest BCUT2D eigenvalue weighted by Crippen LogP contribution is 2.47. The first-order valence-electron chi connectivity index (χ1n) is 7.33. The molecule has 0 amide bonds. The van der Waals surface area contributed by atoms with E-state index < -0.39 is 73.4 Å². The summed E-state index contributed by atoms with van der Waals surface area (Å²) in [6.45, 7) is 0. The summed E-state index contributed by atoms with van der Waals surface area (Å²) < 4.78 is 254. The number of alkyl halides is 20. The smallest absolute Gasteiger partial charge is 0.303 e. The average molecular weight is 546 g/mol. The van der Waals surface area contributed by atoms with Gasteiger partial charge in [-0.3, -0.25) is 0 Å². The fraction of sp³-hybridized carbons (Fsp3) is 1.00. The summed E-state index contributed by atoms with van der Waals surface area (Å²) in [7, 11) is 0. The van der Waals surface area contributed by atoms with Crippen LogP contribution in [0.3, 0.4) is 0 Å². The lowest BCUT2D eigenvalue weighted by Crippen LogP contribution is -2.58. The van der Waals surface area contributed by atoms with E-state index in [0.29, 0.717) is 0 Å². The first-order chi connectivity index (χ1) is 14.2. The van der Waals surface area contributed by atoms with Crippen molar-refractivity contribution < 1.29 is 92.5 Å². The maximum atomic E-state index is 13.2. The van der Waals surface area contributed by atoms with Crippen LogP contribution in [0.5, 0.6) is 0 Å². The molecule has 0 aromatic heterocycles. The van der Waals surface area contributed by atoms with E-state index in [0.717, 1.165) is 0 Å². The van der Waals surface area contributed by atoms with Crippen LogP contribution in [0.25, 0.3) is 0 Å². The van der Waals surface area contributed by atoms with Gasteiger partial charge in [0.15, 0.2) is 0 Å². The van der Waals surface area contributed by atoms with E-state index in [1.807, 2.05) is 0 Å². The van der Waals surface area contributed by atoms with E-state index in [9.17, 15) is 87.8 Å². The highest BCUT2D eigenvalue weighted by Gasteiger charge is 2.72. The van der Waals surface area contributed by atoms with Gasteiger partial charge in [0.1, 0.15) is 0 Å². The van der Waals surface area contributed by atoms with Crippen LogP contribution < -0.4 is 0 Å². The van der Waals surface area contributed by atoms with Gasteiger partial charge in [-0.2, -0.15) is 61.5 Å². The molecule has 200 valence electrons. The highest BCUT2D eigenvalue weighted by atomic mass is 19.4. The molecule has 0 spiro atoms. The summed E-state index contributed by atoms with van der Waals surface area (Å²) in [5.41, 5.74) is 0. The zero-order chi connectivity index (χ0) is 27.2. The van der Waals surface area contributed by atoms with Gasteiger partial charge >= 0.3 is 36.0 Å². The normalized spacial score (nSPS) is 20.7. The quantitative estimate of drug-likeness (QED) is 0.281. The molecule has 0 saturated heterocycles. The van der Waals surface area contributed by atoms with E-state index >= 15 is 0 Å². The van der Waals surface area contributed by atoms with E-state index in [1.54, 1.807) is 0 Å². The van der Waals surface area contributed by atoms with Crippen molar-refractivity contribution in [2.45, 2.75) is 73.4 Å². The van der Waals surface area contributed by atoms with Crippen LogP contribution in [0, 0.1) is 0 Å². The number of halogens is 20. The second-order valence-electron chi connectivity index (χ2n) is 5.97. The number of ether oxygens (including phenoxy) is 1. The van der Waals surface area contributed by atoms with Gasteiger partial charge in [0.05, 0.1) is 0 Å². The third-order valence-electron chi connectivity index (χ3n) is 3.54. The van der Waals surface area contributed by atoms with Gasteiger partial charge in [-0.1, -0.05) is 0 Å². The van der Waals surface area contributed by atoms with Gasteiger partial charge in [-0.25, -0.2) is 26.3 Å². The predicted octanol–water partition coefficient (Wildman–Crippen LogP) is 6.61. The molecule has 0 aliphatic carbocycles. The van der Waals surface area contributed by atoms with E-state index in [-0.39, 0.29) is 0 Å². The molecule has 6 unspecified atom stereocenters. The van der Waals surface area contributed by atoms with Gasteiger partial charge in [0, 0.05) is 0 Å². The lowest BCUT2D eigenvalue weighted by atomic mass is 10.0. The van der Waals surface area contributed by atoms with Crippen molar-refractivity contribution in [2.75, 3.05) is 0 Å².